The summed E-state index contributed by atoms with van der Waals surface area (Å²) in [5.41, 5.74) is 4.22. The second kappa shape index (κ2) is 7.00. The van der Waals surface area contributed by atoms with Gasteiger partial charge in [-0.25, -0.2) is 4.98 Å². The second-order valence-electron chi connectivity index (χ2n) is 7.12. The first-order valence-electron chi connectivity index (χ1n) is 9.28. The smallest absolute Gasteiger partial charge is 0.195 e. The van der Waals surface area contributed by atoms with Crippen molar-refractivity contribution >= 4 is 11.1 Å². The molecule has 0 bridgehead atoms. The molecule has 1 aromatic carbocycles. The Balaban J connectivity index is 1.33. The maximum atomic E-state index is 5.83. The van der Waals surface area contributed by atoms with E-state index in [1.54, 1.807) is 0 Å². The Hall–Kier alpha value is -2.14. The van der Waals surface area contributed by atoms with E-state index in [-0.39, 0.29) is 0 Å². The average Bonchev–Trinajstić information content (AvgIpc) is 3.27. The molecule has 5 heteroatoms. The number of hydrogen-bond donors (Lipinski definition) is 0. The highest BCUT2D eigenvalue weighted by Crippen LogP contribution is 2.21. The van der Waals surface area contributed by atoms with Crippen molar-refractivity contribution in [1.82, 2.24) is 19.7 Å². The van der Waals surface area contributed by atoms with Crippen LogP contribution < -0.4 is 0 Å². The third-order valence-corrected chi connectivity index (χ3v) is 5.16. The molecule has 1 atom stereocenters. The van der Waals surface area contributed by atoms with Crippen LogP contribution in [-0.2, 0) is 13.0 Å². The van der Waals surface area contributed by atoms with E-state index in [0.717, 1.165) is 48.6 Å². The van der Waals surface area contributed by atoms with Gasteiger partial charge in [0.25, 0.3) is 0 Å². The number of aryl methyl sites for hydroxylation is 3. The maximum absolute atomic E-state index is 5.83. The van der Waals surface area contributed by atoms with Gasteiger partial charge < -0.3 is 4.42 Å². The van der Waals surface area contributed by atoms with Crippen molar-refractivity contribution in [2.75, 3.05) is 13.1 Å². The lowest BCUT2D eigenvalue weighted by molar-refractivity contribution is 0.222. The summed E-state index contributed by atoms with van der Waals surface area (Å²) in [5, 5.41) is 4.63. The summed E-state index contributed by atoms with van der Waals surface area (Å²) in [7, 11) is 0. The quantitative estimate of drug-likeness (QED) is 0.687. The van der Waals surface area contributed by atoms with E-state index < -0.39 is 0 Å². The van der Waals surface area contributed by atoms with E-state index in [4.69, 9.17) is 4.42 Å². The minimum Gasteiger partial charge on any atom is -0.441 e. The lowest BCUT2D eigenvalue weighted by Gasteiger charge is -2.24. The number of nitrogens with zero attached hydrogens (tertiary/aromatic N) is 4. The van der Waals surface area contributed by atoms with Gasteiger partial charge in [0.05, 0.1) is 12.2 Å². The number of aromatic nitrogens is 3. The van der Waals surface area contributed by atoms with Gasteiger partial charge in [-0.3, -0.25) is 9.58 Å². The van der Waals surface area contributed by atoms with Crippen LogP contribution in [0.2, 0.25) is 0 Å². The van der Waals surface area contributed by atoms with Crippen molar-refractivity contribution in [2.24, 2.45) is 0 Å². The van der Waals surface area contributed by atoms with Crippen molar-refractivity contribution in [1.29, 1.82) is 0 Å². The molecular weight excluding hydrogens is 312 g/mol. The fourth-order valence-electron chi connectivity index (χ4n) is 3.92. The molecule has 0 amide bonds. The van der Waals surface area contributed by atoms with Gasteiger partial charge in [-0.1, -0.05) is 12.1 Å². The lowest BCUT2D eigenvalue weighted by atomic mass is 10.2. The summed E-state index contributed by atoms with van der Waals surface area (Å²) in [6, 6.07) is 10.7. The maximum Gasteiger partial charge on any atom is 0.195 e. The van der Waals surface area contributed by atoms with Crippen molar-refractivity contribution in [2.45, 2.75) is 52.1 Å². The summed E-state index contributed by atoms with van der Waals surface area (Å²) < 4.78 is 8.00. The molecule has 0 spiro atoms. The molecule has 1 aliphatic rings. The zero-order valence-corrected chi connectivity index (χ0v) is 15.1. The first kappa shape index (κ1) is 16.3. The van der Waals surface area contributed by atoms with E-state index in [2.05, 4.69) is 39.6 Å². The summed E-state index contributed by atoms with van der Waals surface area (Å²) >= 11 is 0. The highest BCUT2D eigenvalue weighted by molar-refractivity contribution is 5.72. The van der Waals surface area contributed by atoms with Gasteiger partial charge in [-0.05, 0) is 64.4 Å². The number of likely N-dealkylation sites (tertiary alicyclic amines) is 1. The molecule has 1 unspecified atom stereocenters. The minimum atomic E-state index is 0.599. The highest BCUT2D eigenvalue weighted by Gasteiger charge is 2.25. The standard InChI is InChI=1S/C20H26N4O/c1-15-13-16(2)24(22-15)14-17-7-5-11-23(17)12-6-10-20-21-18-8-3-4-9-19(18)25-20/h3-4,8-9,13,17H,5-7,10-12,14H2,1-2H3. The predicted octanol–water partition coefficient (Wildman–Crippen LogP) is 3.74. The van der Waals surface area contributed by atoms with E-state index in [9.17, 15) is 0 Å². The number of hydrogen-bond acceptors (Lipinski definition) is 4. The van der Waals surface area contributed by atoms with Crippen molar-refractivity contribution in [3.8, 4) is 0 Å². The lowest BCUT2D eigenvalue weighted by Crippen LogP contribution is -2.34. The monoisotopic (exact) mass is 338 g/mol. The van der Waals surface area contributed by atoms with E-state index in [1.807, 2.05) is 24.3 Å². The molecule has 2 aromatic heterocycles. The van der Waals surface area contributed by atoms with Crippen molar-refractivity contribution in [3.63, 3.8) is 0 Å². The molecule has 4 rings (SSSR count). The zero-order chi connectivity index (χ0) is 17.2. The third-order valence-electron chi connectivity index (χ3n) is 5.16. The number of para-hydroxylation sites is 2. The molecule has 132 valence electrons. The van der Waals surface area contributed by atoms with Gasteiger partial charge in [0.15, 0.2) is 11.5 Å². The molecule has 1 saturated heterocycles. The van der Waals surface area contributed by atoms with Crippen LogP contribution in [0.15, 0.2) is 34.7 Å². The van der Waals surface area contributed by atoms with E-state index in [0.29, 0.717) is 6.04 Å². The van der Waals surface area contributed by atoms with Gasteiger partial charge in [-0.15, -0.1) is 0 Å². The van der Waals surface area contributed by atoms with Crippen molar-refractivity contribution in [3.05, 3.63) is 47.6 Å². The zero-order valence-electron chi connectivity index (χ0n) is 15.1. The molecule has 0 N–H and O–H groups in total. The first-order chi connectivity index (χ1) is 12.2. The number of oxazole rings is 1. The molecule has 0 aliphatic carbocycles. The van der Waals surface area contributed by atoms with Crippen LogP contribution in [0.25, 0.3) is 11.1 Å². The summed E-state index contributed by atoms with van der Waals surface area (Å²) in [4.78, 5) is 7.19. The van der Waals surface area contributed by atoms with Crippen LogP contribution in [0.1, 0.15) is 36.5 Å². The Bertz CT molecular complexity index is 817. The second-order valence-corrected chi connectivity index (χ2v) is 7.12. The topological polar surface area (TPSA) is 47.1 Å². The summed E-state index contributed by atoms with van der Waals surface area (Å²) in [6.45, 7) is 7.51. The van der Waals surface area contributed by atoms with Crippen LogP contribution in [0.5, 0.6) is 0 Å². The molecule has 0 radical (unpaired) electrons. The van der Waals surface area contributed by atoms with Gasteiger partial charge in [-0.2, -0.15) is 5.10 Å². The predicted molar refractivity (Wildman–Crippen MR) is 98.6 cm³/mol. The molecule has 3 heterocycles. The Morgan fingerprint density at radius 2 is 2.12 bits per heavy atom. The third kappa shape index (κ3) is 3.61. The van der Waals surface area contributed by atoms with E-state index in [1.165, 1.54) is 25.1 Å². The average molecular weight is 338 g/mol. The van der Waals surface area contributed by atoms with Crippen LogP contribution in [0.3, 0.4) is 0 Å². The highest BCUT2D eigenvalue weighted by atomic mass is 16.3. The van der Waals surface area contributed by atoms with Crippen LogP contribution in [0, 0.1) is 13.8 Å². The fraction of sp³-hybridized carbons (Fsp3) is 0.500. The molecule has 5 nitrogen and oxygen atoms in total. The van der Waals surface area contributed by atoms with Crippen LogP contribution in [0.4, 0.5) is 0 Å². The molecule has 3 aromatic rings. The van der Waals surface area contributed by atoms with Gasteiger partial charge in [0.2, 0.25) is 0 Å². The molecule has 0 saturated carbocycles. The molecule has 1 fully saturated rings. The number of fused-ring (bicyclic) bond motifs is 1. The number of benzene rings is 1. The summed E-state index contributed by atoms with van der Waals surface area (Å²) in [5.74, 6) is 0.857. The minimum absolute atomic E-state index is 0.599. The fourth-order valence-corrected chi connectivity index (χ4v) is 3.92. The molecular formula is C20H26N4O. The Kier molecular flexibility index (Phi) is 4.57. The Labute approximate surface area is 148 Å². The SMILES string of the molecule is Cc1cc(C)n(CC2CCCN2CCCc2nc3ccccc3o2)n1. The Morgan fingerprint density at radius 1 is 1.24 bits per heavy atom. The normalized spacial score (nSPS) is 18.4. The van der Waals surface area contributed by atoms with Gasteiger partial charge in [0, 0.05) is 18.2 Å². The van der Waals surface area contributed by atoms with Crippen LogP contribution >= 0.6 is 0 Å². The Morgan fingerprint density at radius 3 is 2.92 bits per heavy atom. The van der Waals surface area contributed by atoms with Crippen LogP contribution in [-0.4, -0.2) is 38.8 Å². The van der Waals surface area contributed by atoms with Gasteiger partial charge >= 0.3 is 0 Å². The molecule has 1 aliphatic heterocycles. The largest absolute Gasteiger partial charge is 0.441 e. The van der Waals surface area contributed by atoms with Gasteiger partial charge in [0.1, 0.15) is 5.52 Å². The number of rotatable bonds is 6. The first-order valence-corrected chi connectivity index (χ1v) is 9.28. The molecule has 25 heavy (non-hydrogen) atoms. The van der Waals surface area contributed by atoms with E-state index >= 15 is 0 Å². The summed E-state index contributed by atoms with van der Waals surface area (Å²) in [6.07, 6.45) is 4.53. The van der Waals surface area contributed by atoms with Crippen molar-refractivity contribution < 1.29 is 4.42 Å².